The lowest BCUT2D eigenvalue weighted by Crippen LogP contribution is -2.32. The molecule has 0 saturated carbocycles. The van der Waals surface area contributed by atoms with Gasteiger partial charge in [-0.05, 0) is 30.9 Å². The summed E-state index contributed by atoms with van der Waals surface area (Å²) in [6.07, 6.45) is 2.10. The molecule has 1 saturated heterocycles. The second-order valence-corrected chi connectivity index (χ2v) is 7.21. The van der Waals surface area contributed by atoms with Crippen LogP contribution in [0.2, 0.25) is 0 Å². The van der Waals surface area contributed by atoms with Crippen LogP contribution >= 0.6 is 11.3 Å². The molecule has 25 heavy (non-hydrogen) atoms. The van der Waals surface area contributed by atoms with Crippen molar-refractivity contribution in [2.24, 2.45) is 5.92 Å². The Morgan fingerprint density at radius 3 is 2.96 bits per heavy atom. The van der Waals surface area contributed by atoms with Crippen molar-refractivity contribution in [2.75, 3.05) is 24.5 Å². The van der Waals surface area contributed by atoms with Gasteiger partial charge in [-0.25, -0.2) is 13.8 Å². The van der Waals surface area contributed by atoms with Gasteiger partial charge < -0.3 is 10.2 Å². The number of carbonyl (C=O) groups excluding carboxylic acids is 1. The van der Waals surface area contributed by atoms with Crippen LogP contribution in [0.5, 0.6) is 0 Å². The molecule has 0 radical (unpaired) electrons. The topological polar surface area (TPSA) is 45.2 Å². The summed E-state index contributed by atoms with van der Waals surface area (Å²) in [5, 5.41) is 5.93. The van der Waals surface area contributed by atoms with E-state index < -0.39 is 11.6 Å². The van der Waals surface area contributed by atoms with Gasteiger partial charge in [0.1, 0.15) is 0 Å². The summed E-state index contributed by atoms with van der Waals surface area (Å²) in [7, 11) is 0. The third-order valence-corrected chi connectivity index (χ3v) is 5.43. The van der Waals surface area contributed by atoms with Gasteiger partial charge in [0.05, 0.1) is 17.1 Å². The number of aromatic nitrogens is 1. The van der Waals surface area contributed by atoms with E-state index in [1.54, 1.807) is 17.4 Å². The Kier molecular flexibility index (Phi) is 5.63. The predicted octanol–water partition coefficient (Wildman–Crippen LogP) is 3.17. The second kappa shape index (κ2) is 7.91. The minimum Gasteiger partial charge on any atom is -0.371 e. The van der Waals surface area contributed by atoms with Gasteiger partial charge in [-0.3, -0.25) is 4.79 Å². The highest BCUT2D eigenvalue weighted by atomic mass is 32.1. The van der Waals surface area contributed by atoms with Crippen molar-refractivity contribution in [3.05, 3.63) is 45.9 Å². The number of nitrogens with one attached hydrogen (secondary N) is 1. The molecule has 1 aromatic carbocycles. The molecule has 0 aliphatic carbocycles. The molecule has 1 amide bonds. The molecular weight excluding hydrogens is 344 g/mol. The average molecular weight is 365 g/mol. The SMILES string of the molecule is CCc1nc(CC(=O)NCC2CCN(c3ccc(F)c(F)c3)C2)cs1. The fourth-order valence-electron chi connectivity index (χ4n) is 2.99. The normalized spacial score (nSPS) is 17.1. The van der Waals surface area contributed by atoms with Crippen LogP contribution in [0.4, 0.5) is 14.5 Å². The maximum Gasteiger partial charge on any atom is 0.226 e. The molecule has 1 atom stereocenters. The van der Waals surface area contributed by atoms with Crippen LogP contribution in [0.15, 0.2) is 23.6 Å². The van der Waals surface area contributed by atoms with Crippen LogP contribution in [0.25, 0.3) is 0 Å². The van der Waals surface area contributed by atoms with E-state index in [1.165, 1.54) is 6.07 Å². The summed E-state index contributed by atoms with van der Waals surface area (Å²) in [6.45, 7) is 4.13. The first-order valence-corrected chi connectivity index (χ1v) is 9.33. The molecular formula is C18H21F2N3OS. The average Bonchev–Trinajstić information content (AvgIpc) is 3.24. The Bertz CT molecular complexity index is 750. The number of hydrogen-bond donors (Lipinski definition) is 1. The smallest absolute Gasteiger partial charge is 0.226 e. The number of thiazole rings is 1. The molecule has 3 rings (SSSR count). The van der Waals surface area contributed by atoms with Gasteiger partial charge in [0.25, 0.3) is 0 Å². The maximum absolute atomic E-state index is 13.4. The van der Waals surface area contributed by atoms with Gasteiger partial charge in [0, 0.05) is 36.8 Å². The standard InChI is InChI=1S/C18H21F2N3OS/c1-2-18-22-13(11-25-18)7-17(24)21-9-12-5-6-23(10-12)14-3-4-15(19)16(20)8-14/h3-4,8,11-12H,2,5-7,9-10H2,1H3,(H,21,24). The van der Waals surface area contributed by atoms with Crippen molar-refractivity contribution >= 4 is 22.9 Å². The molecule has 134 valence electrons. The van der Waals surface area contributed by atoms with Crippen molar-refractivity contribution in [2.45, 2.75) is 26.2 Å². The van der Waals surface area contributed by atoms with Crippen molar-refractivity contribution in [1.82, 2.24) is 10.3 Å². The van der Waals surface area contributed by atoms with E-state index in [2.05, 4.69) is 10.3 Å². The fraction of sp³-hybridized carbons (Fsp3) is 0.444. The summed E-state index contributed by atoms with van der Waals surface area (Å²) in [5.41, 5.74) is 1.50. The molecule has 2 heterocycles. The first-order valence-electron chi connectivity index (χ1n) is 8.45. The predicted molar refractivity (Wildman–Crippen MR) is 94.9 cm³/mol. The lowest BCUT2D eigenvalue weighted by atomic mass is 10.1. The van der Waals surface area contributed by atoms with E-state index in [9.17, 15) is 13.6 Å². The van der Waals surface area contributed by atoms with E-state index in [-0.39, 0.29) is 5.91 Å². The lowest BCUT2D eigenvalue weighted by Gasteiger charge is -2.19. The van der Waals surface area contributed by atoms with Crippen LogP contribution in [0, 0.1) is 17.6 Å². The van der Waals surface area contributed by atoms with Gasteiger partial charge in [-0.2, -0.15) is 0 Å². The molecule has 1 aliphatic rings. The summed E-state index contributed by atoms with van der Waals surface area (Å²) >= 11 is 1.58. The number of halogens is 2. The van der Waals surface area contributed by atoms with E-state index in [1.807, 2.05) is 17.2 Å². The van der Waals surface area contributed by atoms with Gasteiger partial charge in [0.2, 0.25) is 5.91 Å². The summed E-state index contributed by atoms with van der Waals surface area (Å²) < 4.78 is 26.4. The second-order valence-electron chi connectivity index (χ2n) is 6.27. The number of carbonyl (C=O) groups is 1. The number of benzene rings is 1. The van der Waals surface area contributed by atoms with Crippen LogP contribution in [-0.2, 0) is 17.6 Å². The third-order valence-electron chi connectivity index (χ3n) is 4.39. The Balaban J connectivity index is 1.46. The quantitative estimate of drug-likeness (QED) is 0.855. The van der Waals surface area contributed by atoms with Crippen molar-refractivity contribution in [3.8, 4) is 0 Å². The zero-order valence-electron chi connectivity index (χ0n) is 14.1. The first kappa shape index (κ1) is 17.8. The molecule has 1 aromatic heterocycles. The van der Waals surface area contributed by atoms with Crippen molar-refractivity contribution in [3.63, 3.8) is 0 Å². The van der Waals surface area contributed by atoms with Crippen LogP contribution < -0.4 is 10.2 Å². The molecule has 0 spiro atoms. The molecule has 1 N–H and O–H groups in total. The van der Waals surface area contributed by atoms with Gasteiger partial charge >= 0.3 is 0 Å². The highest BCUT2D eigenvalue weighted by Crippen LogP contribution is 2.25. The zero-order chi connectivity index (χ0) is 17.8. The van der Waals surface area contributed by atoms with Gasteiger partial charge in [-0.1, -0.05) is 6.92 Å². The molecule has 1 unspecified atom stereocenters. The Labute approximate surface area is 149 Å². The molecule has 0 bridgehead atoms. The van der Waals surface area contributed by atoms with E-state index in [0.29, 0.717) is 24.6 Å². The Morgan fingerprint density at radius 1 is 1.40 bits per heavy atom. The number of amides is 1. The Morgan fingerprint density at radius 2 is 2.24 bits per heavy atom. The number of anilines is 1. The monoisotopic (exact) mass is 365 g/mol. The van der Waals surface area contributed by atoms with Crippen molar-refractivity contribution < 1.29 is 13.6 Å². The summed E-state index contributed by atoms with van der Waals surface area (Å²) in [5.74, 6) is -1.39. The Hall–Kier alpha value is -2.02. The van der Waals surface area contributed by atoms with E-state index in [4.69, 9.17) is 0 Å². The third kappa shape index (κ3) is 4.54. The van der Waals surface area contributed by atoms with Gasteiger partial charge in [0.15, 0.2) is 11.6 Å². The van der Waals surface area contributed by atoms with Crippen LogP contribution in [-0.4, -0.2) is 30.5 Å². The number of nitrogens with zero attached hydrogens (tertiary/aromatic N) is 2. The minimum atomic E-state index is -0.833. The largest absolute Gasteiger partial charge is 0.371 e. The van der Waals surface area contributed by atoms with Gasteiger partial charge in [-0.15, -0.1) is 11.3 Å². The number of aryl methyl sites for hydroxylation is 1. The molecule has 1 aliphatic heterocycles. The minimum absolute atomic E-state index is 0.0285. The molecule has 7 heteroatoms. The maximum atomic E-state index is 13.4. The van der Waals surface area contributed by atoms with Crippen LogP contribution in [0.1, 0.15) is 24.0 Å². The summed E-state index contributed by atoms with van der Waals surface area (Å²) in [6, 6.07) is 3.97. The van der Waals surface area contributed by atoms with Crippen molar-refractivity contribution in [1.29, 1.82) is 0 Å². The first-order chi connectivity index (χ1) is 12.0. The zero-order valence-corrected chi connectivity index (χ0v) is 14.9. The number of hydrogen-bond acceptors (Lipinski definition) is 4. The van der Waals surface area contributed by atoms with E-state index >= 15 is 0 Å². The van der Waals surface area contributed by atoms with E-state index in [0.717, 1.165) is 42.7 Å². The molecule has 2 aromatic rings. The summed E-state index contributed by atoms with van der Waals surface area (Å²) in [4.78, 5) is 18.5. The highest BCUT2D eigenvalue weighted by molar-refractivity contribution is 7.09. The lowest BCUT2D eigenvalue weighted by molar-refractivity contribution is -0.120. The number of rotatable bonds is 6. The molecule has 1 fully saturated rings. The fourth-order valence-corrected chi connectivity index (χ4v) is 3.74. The highest BCUT2D eigenvalue weighted by Gasteiger charge is 2.23. The van der Waals surface area contributed by atoms with Crippen LogP contribution in [0.3, 0.4) is 0 Å². The molecule has 4 nitrogen and oxygen atoms in total.